The molecule has 1 atom stereocenters. The second-order valence-corrected chi connectivity index (χ2v) is 6.21. The Bertz CT molecular complexity index is 842. The van der Waals surface area contributed by atoms with Crippen LogP contribution in [0, 0.1) is 0 Å². The topological polar surface area (TPSA) is 20.3 Å². The van der Waals surface area contributed by atoms with E-state index in [1.165, 1.54) is 5.56 Å². The Balaban J connectivity index is 1.69. The zero-order valence-corrected chi connectivity index (χ0v) is 13.4. The first-order valence-corrected chi connectivity index (χ1v) is 8.30. The van der Waals surface area contributed by atoms with Crippen LogP contribution in [0.25, 0.3) is 0 Å². The first kappa shape index (κ1) is 14.7. The van der Waals surface area contributed by atoms with Crippen LogP contribution in [0.5, 0.6) is 0 Å². The molecule has 118 valence electrons. The van der Waals surface area contributed by atoms with Crippen molar-refractivity contribution >= 4 is 5.91 Å². The van der Waals surface area contributed by atoms with Crippen molar-refractivity contribution in [1.29, 1.82) is 0 Å². The van der Waals surface area contributed by atoms with E-state index in [1.807, 2.05) is 47.4 Å². The molecule has 3 aromatic rings. The van der Waals surface area contributed by atoms with Crippen molar-refractivity contribution in [3.8, 4) is 0 Å². The van der Waals surface area contributed by atoms with Gasteiger partial charge in [-0.1, -0.05) is 78.9 Å². The Morgan fingerprint density at radius 3 is 2.00 bits per heavy atom. The second-order valence-electron chi connectivity index (χ2n) is 6.21. The Morgan fingerprint density at radius 1 is 0.708 bits per heavy atom. The maximum absolute atomic E-state index is 12.9. The highest BCUT2D eigenvalue weighted by molar-refractivity contribution is 5.99. The number of benzene rings is 3. The Kier molecular flexibility index (Phi) is 3.87. The molecule has 0 saturated carbocycles. The van der Waals surface area contributed by atoms with Crippen molar-refractivity contribution in [3.63, 3.8) is 0 Å². The van der Waals surface area contributed by atoms with Crippen molar-refractivity contribution < 1.29 is 4.79 Å². The van der Waals surface area contributed by atoms with Crippen molar-refractivity contribution in [3.05, 3.63) is 107 Å². The number of hydrogen-bond acceptors (Lipinski definition) is 1. The summed E-state index contributed by atoms with van der Waals surface area (Å²) < 4.78 is 0. The molecule has 1 heterocycles. The molecule has 1 aliphatic heterocycles. The number of carbonyl (C=O) groups excluding carboxylic acids is 1. The molecule has 2 heteroatoms. The molecule has 0 bridgehead atoms. The summed E-state index contributed by atoms with van der Waals surface area (Å²) in [5.74, 6) is 0.135. The summed E-state index contributed by atoms with van der Waals surface area (Å²) in [5.41, 5.74) is 4.40. The molecule has 0 aliphatic carbocycles. The third-order valence-electron chi connectivity index (χ3n) is 4.65. The summed E-state index contributed by atoms with van der Waals surface area (Å²) in [6.07, 6.45) is 0.844. The number of nitrogens with zero attached hydrogens (tertiary/aromatic N) is 1. The van der Waals surface area contributed by atoms with E-state index in [1.54, 1.807) is 0 Å². The largest absolute Gasteiger partial charge is 0.327 e. The summed E-state index contributed by atoms with van der Waals surface area (Å²) in [6, 6.07) is 28.7. The van der Waals surface area contributed by atoms with Crippen LogP contribution in [0.3, 0.4) is 0 Å². The van der Waals surface area contributed by atoms with Crippen LogP contribution < -0.4 is 0 Å². The van der Waals surface area contributed by atoms with Crippen molar-refractivity contribution in [2.45, 2.75) is 19.0 Å². The Hall–Kier alpha value is -2.87. The summed E-state index contributed by atoms with van der Waals surface area (Å²) >= 11 is 0. The highest BCUT2D eigenvalue weighted by atomic mass is 16.2. The number of hydrogen-bond donors (Lipinski definition) is 0. The van der Waals surface area contributed by atoms with Gasteiger partial charge in [0.15, 0.2) is 0 Å². The molecule has 1 aliphatic rings. The van der Waals surface area contributed by atoms with Gasteiger partial charge in [0, 0.05) is 12.1 Å². The van der Waals surface area contributed by atoms with Gasteiger partial charge in [0.1, 0.15) is 0 Å². The van der Waals surface area contributed by atoms with E-state index in [9.17, 15) is 4.79 Å². The maximum atomic E-state index is 12.9. The second kappa shape index (κ2) is 6.32. The molecule has 0 fully saturated rings. The van der Waals surface area contributed by atoms with Gasteiger partial charge >= 0.3 is 0 Å². The average Bonchev–Trinajstić information content (AvgIpc) is 2.90. The molecule has 0 aromatic heterocycles. The van der Waals surface area contributed by atoms with Crippen LogP contribution in [-0.4, -0.2) is 10.8 Å². The maximum Gasteiger partial charge on any atom is 0.255 e. The van der Waals surface area contributed by atoms with Gasteiger partial charge in [-0.15, -0.1) is 0 Å². The molecule has 0 saturated heterocycles. The average molecular weight is 313 g/mol. The van der Waals surface area contributed by atoms with Gasteiger partial charge in [-0.05, 0) is 29.2 Å². The number of fused-ring (bicyclic) bond motifs is 1. The van der Waals surface area contributed by atoms with E-state index < -0.39 is 0 Å². The van der Waals surface area contributed by atoms with Gasteiger partial charge in [0.05, 0.1) is 6.04 Å². The monoisotopic (exact) mass is 313 g/mol. The smallest absolute Gasteiger partial charge is 0.255 e. The Labute approximate surface area is 142 Å². The lowest BCUT2D eigenvalue weighted by atomic mass is 9.98. The van der Waals surface area contributed by atoms with Gasteiger partial charge in [0.25, 0.3) is 5.91 Å². The summed E-state index contributed by atoms with van der Waals surface area (Å²) in [4.78, 5) is 14.9. The van der Waals surface area contributed by atoms with Crippen LogP contribution in [0.4, 0.5) is 0 Å². The fourth-order valence-electron chi connectivity index (χ4n) is 3.47. The van der Waals surface area contributed by atoms with Crippen molar-refractivity contribution in [2.24, 2.45) is 0 Å². The highest BCUT2D eigenvalue weighted by Crippen LogP contribution is 2.36. The predicted molar refractivity (Wildman–Crippen MR) is 95.6 cm³/mol. The molecule has 3 aromatic carbocycles. The fourth-order valence-corrected chi connectivity index (χ4v) is 3.47. The van der Waals surface area contributed by atoms with E-state index in [0.717, 1.165) is 23.1 Å². The van der Waals surface area contributed by atoms with Crippen molar-refractivity contribution in [1.82, 2.24) is 4.90 Å². The molecule has 1 amide bonds. The third kappa shape index (κ3) is 2.71. The molecule has 0 N–H and O–H groups in total. The zero-order valence-electron chi connectivity index (χ0n) is 13.4. The van der Waals surface area contributed by atoms with Gasteiger partial charge in [-0.2, -0.15) is 0 Å². The number of amides is 1. The minimum Gasteiger partial charge on any atom is -0.327 e. The van der Waals surface area contributed by atoms with Crippen LogP contribution in [0.2, 0.25) is 0 Å². The Morgan fingerprint density at radius 2 is 1.29 bits per heavy atom. The van der Waals surface area contributed by atoms with E-state index in [2.05, 4.69) is 42.5 Å². The van der Waals surface area contributed by atoms with E-state index in [4.69, 9.17) is 0 Å². The van der Waals surface area contributed by atoms with Gasteiger partial charge in [-0.3, -0.25) is 4.79 Å². The molecule has 4 rings (SSSR count). The van der Waals surface area contributed by atoms with Gasteiger partial charge < -0.3 is 4.90 Å². The molecule has 1 unspecified atom stereocenters. The lowest BCUT2D eigenvalue weighted by molar-refractivity contribution is 0.0709. The fraction of sp³-hybridized carbons (Fsp3) is 0.136. The van der Waals surface area contributed by atoms with Crippen LogP contribution in [0.15, 0.2) is 84.9 Å². The molecule has 24 heavy (non-hydrogen) atoms. The molecule has 0 spiro atoms. The first-order valence-electron chi connectivity index (χ1n) is 8.30. The third-order valence-corrected chi connectivity index (χ3v) is 4.65. The molecular weight excluding hydrogens is 294 g/mol. The van der Waals surface area contributed by atoms with E-state index >= 15 is 0 Å². The van der Waals surface area contributed by atoms with Crippen LogP contribution in [-0.2, 0) is 13.0 Å². The van der Waals surface area contributed by atoms with Crippen molar-refractivity contribution in [2.75, 3.05) is 0 Å². The lowest BCUT2D eigenvalue weighted by Crippen LogP contribution is -2.28. The minimum atomic E-state index is 0.0938. The van der Waals surface area contributed by atoms with E-state index in [0.29, 0.717) is 6.54 Å². The normalized spacial score (nSPS) is 16.2. The predicted octanol–water partition coefficient (Wildman–Crippen LogP) is 4.63. The summed E-state index contributed by atoms with van der Waals surface area (Å²) in [7, 11) is 0. The standard InChI is InChI=1S/C22H19NO/c24-22-20-14-8-7-13-19(20)21(15-17-9-3-1-4-10-17)23(22)16-18-11-5-2-6-12-18/h1-14,21H,15-16H2. The quantitative estimate of drug-likeness (QED) is 0.688. The molecular formula is C22H19NO. The highest BCUT2D eigenvalue weighted by Gasteiger charge is 2.36. The van der Waals surface area contributed by atoms with E-state index in [-0.39, 0.29) is 11.9 Å². The minimum absolute atomic E-state index is 0.0938. The number of carbonyl (C=O) groups is 1. The van der Waals surface area contributed by atoms with Crippen LogP contribution >= 0.6 is 0 Å². The molecule has 0 radical (unpaired) electrons. The molecule has 2 nitrogen and oxygen atoms in total. The lowest BCUT2D eigenvalue weighted by Gasteiger charge is -2.26. The summed E-state index contributed by atoms with van der Waals surface area (Å²) in [5, 5.41) is 0. The van der Waals surface area contributed by atoms with Gasteiger partial charge in [0.2, 0.25) is 0 Å². The summed E-state index contributed by atoms with van der Waals surface area (Å²) in [6.45, 7) is 0.645. The van der Waals surface area contributed by atoms with Crippen LogP contribution in [0.1, 0.15) is 33.1 Å². The van der Waals surface area contributed by atoms with Gasteiger partial charge in [-0.25, -0.2) is 0 Å². The zero-order chi connectivity index (χ0) is 16.4. The first-order chi connectivity index (χ1) is 11.8. The SMILES string of the molecule is O=C1c2ccccc2C(Cc2ccccc2)N1Cc1ccccc1. The number of rotatable bonds is 4.